The van der Waals surface area contributed by atoms with Gasteiger partial charge in [0, 0.05) is 14.3 Å². The van der Waals surface area contributed by atoms with E-state index in [9.17, 15) is 14.7 Å². The maximum Gasteiger partial charge on any atom is 0.266 e. The van der Waals surface area contributed by atoms with E-state index in [1.807, 2.05) is 0 Å². The van der Waals surface area contributed by atoms with Crippen LogP contribution in [-0.4, -0.2) is 21.0 Å². The van der Waals surface area contributed by atoms with Crippen molar-refractivity contribution in [2.24, 2.45) is 0 Å². The predicted octanol–water partition coefficient (Wildman–Crippen LogP) is 2.86. The topological polar surface area (TPSA) is 95.1 Å². The van der Waals surface area contributed by atoms with E-state index in [0.717, 1.165) is 9.26 Å². The number of pyridine rings is 1. The molecule has 0 unspecified atom stereocenters. The molecule has 0 aliphatic heterocycles. The fraction of sp³-hybridized carbons (Fsp3) is 0.0714. The predicted molar refractivity (Wildman–Crippen MR) is 93.8 cm³/mol. The Morgan fingerprint density at radius 2 is 2.23 bits per heavy atom. The highest BCUT2D eigenvalue weighted by Gasteiger charge is 2.20. The van der Waals surface area contributed by atoms with Crippen molar-refractivity contribution in [3.63, 3.8) is 0 Å². The molecule has 8 heteroatoms. The number of rotatable bonds is 2. The number of aromatic hydroxyl groups is 1. The number of hydrogen-bond donors (Lipinski definition) is 3. The molecule has 0 atom stereocenters. The molecular weight excluding hydrogens is 417 g/mol. The average molecular weight is 427 g/mol. The van der Waals surface area contributed by atoms with Gasteiger partial charge in [-0.15, -0.1) is 11.3 Å². The second-order valence-electron chi connectivity index (χ2n) is 4.62. The number of hydrogen-bond acceptors (Lipinski definition) is 5. The number of nitrogens with zero attached hydrogens (tertiary/aromatic N) is 1. The Bertz CT molecular complexity index is 948. The quantitative estimate of drug-likeness (QED) is 0.549. The third kappa shape index (κ3) is 2.71. The number of H-pyrrole nitrogens is 1. The summed E-state index contributed by atoms with van der Waals surface area (Å²) in [4.78, 5) is 31.1. The van der Waals surface area contributed by atoms with Gasteiger partial charge in [-0.25, -0.2) is 4.98 Å². The SMILES string of the molecule is Cc1csc(NC(=O)c2c(O)c3cc(I)ccc3[nH]c2=O)n1. The Hall–Kier alpha value is -1.94. The van der Waals surface area contributed by atoms with Gasteiger partial charge in [-0.1, -0.05) is 0 Å². The zero-order valence-electron chi connectivity index (χ0n) is 11.3. The molecule has 3 N–H and O–H groups in total. The van der Waals surface area contributed by atoms with Crippen molar-refractivity contribution in [3.05, 3.63) is 48.8 Å². The largest absolute Gasteiger partial charge is 0.506 e. The van der Waals surface area contributed by atoms with Gasteiger partial charge in [-0.05, 0) is 47.7 Å². The smallest absolute Gasteiger partial charge is 0.266 e. The van der Waals surface area contributed by atoms with Crippen molar-refractivity contribution in [1.82, 2.24) is 9.97 Å². The second kappa shape index (κ2) is 5.69. The normalized spacial score (nSPS) is 10.8. The molecule has 3 rings (SSSR count). The number of aromatic amines is 1. The summed E-state index contributed by atoms with van der Waals surface area (Å²) in [7, 11) is 0. The van der Waals surface area contributed by atoms with Crippen LogP contribution in [0, 0.1) is 10.5 Å². The second-order valence-corrected chi connectivity index (χ2v) is 6.72. The van der Waals surface area contributed by atoms with Crippen LogP contribution in [0.25, 0.3) is 10.9 Å². The number of benzene rings is 1. The van der Waals surface area contributed by atoms with Gasteiger partial charge in [0.1, 0.15) is 11.3 Å². The zero-order valence-corrected chi connectivity index (χ0v) is 14.3. The summed E-state index contributed by atoms with van der Waals surface area (Å²) >= 11 is 3.34. The van der Waals surface area contributed by atoms with E-state index in [1.54, 1.807) is 30.5 Å². The first-order chi connectivity index (χ1) is 10.5. The van der Waals surface area contributed by atoms with Crippen LogP contribution in [0.4, 0.5) is 5.13 Å². The van der Waals surface area contributed by atoms with Crippen LogP contribution in [0.5, 0.6) is 5.75 Å². The molecule has 22 heavy (non-hydrogen) atoms. The molecule has 1 amide bonds. The van der Waals surface area contributed by atoms with E-state index in [2.05, 4.69) is 37.9 Å². The number of anilines is 1. The van der Waals surface area contributed by atoms with E-state index in [-0.39, 0.29) is 11.3 Å². The van der Waals surface area contributed by atoms with Gasteiger partial charge in [-0.2, -0.15) is 0 Å². The van der Waals surface area contributed by atoms with Crippen molar-refractivity contribution >= 4 is 55.9 Å². The highest BCUT2D eigenvalue weighted by Crippen LogP contribution is 2.27. The number of carbonyl (C=O) groups excluding carboxylic acids is 1. The standard InChI is InChI=1S/C14H10IN3O3S/c1-6-5-22-14(16-6)18-13(21)10-11(19)8-4-7(15)2-3-9(8)17-12(10)20/h2-5H,1H3,(H,16,18,21)(H2,17,19,20). The number of thiazole rings is 1. The molecule has 0 bridgehead atoms. The average Bonchev–Trinajstić information content (AvgIpc) is 2.85. The minimum absolute atomic E-state index is 0.317. The third-order valence-electron chi connectivity index (χ3n) is 3.02. The Balaban J connectivity index is 2.09. The fourth-order valence-corrected chi connectivity index (χ4v) is 3.20. The first-order valence-electron chi connectivity index (χ1n) is 6.23. The highest BCUT2D eigenvalue weighted by atomic mass is 127. The van der Waals surface area contributed by atoms with Crippen LogP contribution in [-0.2, 0) is 0 Å². The van der Waals surface area contributed by atoms with E-state index in [0.29, 0.717) is 16.0 Å². The lowest BCUT2D eigenvalue weighted by Crippen LogP contribution is -2.23. The molecule has 0 saturated heterocycles. The first kappa shape index (κ1) is 15.0. The number of nitrogens with one attached hydrogen (secondary N) is 2. The van der Waals surface area contributed by atoms with Gasteiger partial charge in [0.05, 0.1) is 11.2 Å². The summed E-state index contributed by atoms with van der Waals surface area (Å²) in [6.45, 7) is 1.80. The highest BCUT2D eigenvalue weighted by molar-refractivity contribution is 14.1. The molecule has 1 aromatic carbocycles. The first-order valence-corrected chi connectivity index (χ1v) is 8.19. The van der Waals surface area contributed by atoms with Crippen molar-refractivity contribution in [2.75, 3.05) is 5.32 Å². The number of amides is 1. The maximum absolute atomic E-state index is 12.3. The lowest BCUT2D eigenvalue weighted by Gasteiger charge is -2.07. The molecule has 2 heterocycles. The van der Waals surface area contributed by atoms with E-state index < -0.39 is 11.5 Å². The summed E-state index contributed by atoms with van der Waals surface area (Å²) in [6, 6.07) is 5.19. The van der Waals surface area contributed by atoms with Crippen molar-refractivity contribution in [2.45, 2.75) is 6.92 Å². The molecule has 112 valence electrons. The van der Waals surface area contributed by atoms with Crippen LogP contribution >= 0.6 is 33.9 Å². The molecule has 0 aliphatic carbocycles. The molecule has 3 aromatic rings. The van der Waals surface area contributed by atoms with Crippen molar-refractivity contribution < 1.29 is 9.90 Å². The number of fused-ring (bicyclic) bond motifs is 1. The van der Waals surface area contributed by atoms with Gasteiger partial charge in [0.25, 0.3) is 11.5 Å². The molecule has 0 radical (unpaired) electrons. The van der Waals surface area contributed by atoms with E-state index >= 15 is 0 Å². The molecule has 0 aliphatic rings. The third-order valence-corrected chi connectivity index (χ3v) is 4.56. The number of aryl methyl sites for hydroxylation is 1. The fourth-order valence-electron chi connectivity index (χ4n) is 2.03. The zero-order chi connectivity index (χ0) is 15.9. The van der Waals surface area contributed by atoms with Crippen LogP contribution in [0.1, 0.15) is 16.1 Å². The maximum atomic E-state index is 12.3. The Morgan fingerprint density at radius 3 is 2.91 bits per heavy atom. The van der Waals surface area contributed by atoms with E-state index in [1.165, 1.54) is 11.3 Å². The molecule has 0 fully saturated rings. The minimum Gasteiger partial charge on any atom is -0.506 e. The summed E-state index contributed by atoms with van der Waals surface area (Å²) in [5.74, 6) is -1.02. The summed E-state index contributed by atoms with van der Waals surface area (Å²) in [6.07, 6.45) is 0. The van der Waals surface area contributed by atoms with Gasteiger partial charge < -0.3 is 10.1 Å². The van der Waals surface area contributed by atoms with Gasteiger partial charge in [0.2, 0.25) is 0 Å². The number of aromatic nitrogens is 2. The molecule has 2 aromatic heterocycles. The van der Waals surface area contributed by atoms with E-state index in [4.69, 9.17) is 0 Å². The lowest BCUT2D eigenvalue weighted by atomic mass is 10.1. The van der Waals surface area contributed by atoms with Crippen LogP contribution in [0.2, 0.25) is 0 Å². The van der Waals surface area contributed by atoms with Gasteiger partial charge >= 0.3 is 0 Å². The monoisotopic (exact) mass is 427 g/mol. The molecule has 0 saturated carbocycles. The van der Waals surface area contributed by atoms with Crippen molar-refractivity contribution in [3.8, 4) is 5.75 Å². The van der Waals surface area contributed by atoms with Crippen LogP contribution < -0.4 is 10.9 Å². The van der Waals surface area contributed by atoms with Gasteiger partial charge in [0.15, 0.2) is 5.13 Å². The summed E-state index contributed by atoms with van der Waals surface area (Å²) in [5, 5.41) is 15.4. The Morgan fingerprint density at radius 1 is 1.45 bits per heavy atom. The van der Waals surface area contributed by atoms with Gasteiger partial charge in [-0.3, -0.25) is 14.9 Å². The van der Waals surface area contributed by atoms with Crippen molar-refractivity contribution in [1.29, 1.82) is 0 Å². The molecule has 0 spiro atoms. The lowest BCUT2D eigenvalue weighted by molar-refractivity contribution is 0.102. The number of halogens is 1. The van der Waals surface area contributed by atoms with Crippen LogP contribution in [0.15, 0.2) is 28.4 Å². The van der Waals surface area contributed by atoms with Crippen LogP contribution in [0.3, 0.4) is 0 Å². The molecular formula is C14H10IN3O3S. The Labute approximate surface area is 142 Å². The Kier molecular flexibility index (Phi) is 3.87. The summed E-state index contributed by atoms with van der Waals surface area (Å²) < 4.78 is 0.884. The summed E-state index contributed by atoms with van der Waals surface area (Å²) in [5.41, 5.74) is 0.287. The minimum atomic E-state index is -0.686. The number of carbonyl (C=O) groups is 1. The molecule has 6 nitrogen and oxygen atoms in total.